The fraction of sp³-hybridized carbons (Fsp3) is 0.0556. The van der Waals surface area contributed by atoms with Crippen molar-refractivity contribution >= 4 is 57.1 Å². The van der Waals surface area contributed by atoms with Crippen molar-refractivity contribution in [3.05, 3.63) is 62.6 Å². The fourth-order valence-electron chi connectivity index (χ4n) is 2.42. The highest BCUT2D eigenvalue weighted by Crippen LogP contribution is 2.34. The van der Waals surface area contributed by atoms with Gasteiger partial charge in [-0.05, 0) is 58.8 Å². The first-order valence-electron chi connectivity index (χ1n) is 7.44. The van der Waals surface area contributed by atoms with Crippen LogP contribution in [0.25, 0.3) is 6.08 Å². The van der Waals surface area contributed by atoms with Gasteiger partial charge in [-0.15, -0.1) is 0 Å². The SMILES string of the molecule is Cc1ccc(N2C(=O)NC(=O)/C(=C/c3cc(Cl)c(O)c(Br)c3)C2=O)cc1. The molecule has 1 aliphatic rings. The molecule has 0 radical (unpaired) electrons. The number of nitrogens with zero attached hydrogens (tertiary/aromatic N) is 1. The molecule has 0 aliphatic carbocycles. The zero-order valence-electron chi connectivity index (χ0n) is 13.4. The summed E-state index contributed by atoms with van der Waals surface area (Å²) in [6, 6.07) is 8.84. The lowest BCUT2D eigenvalue weighted by Crippen LogP contribution is -2.54. The van der Waals surface area contributed by atoms with Crippen LogP contribution in [-0.2, 0) is 9.59 Å². The molecular weight excluding hydrogens is 424 g/mol. The Morgan fingerprint density at radius 2 is 1.81 bits per heavy atom. The molecule has 2 aromatic rings. The second-order valence-corrected chi connectivity index (χ2v) is 6.89. The van der Waals surface area contributed by atoms with Gasteiger partial charge in [0.2, 0.25) is 0 Å². The van der Waals surface area contributed by atoms with Crippen molar-refractivity contribution in [1.29, 1.82) is 0 Å². The number of urea groups is 1. The Labute approximate surface area is 162 Å². The van der Waals surface area contributed by atoms with Gasteiger partial charge in [0.15, 0.2) is 0 Å². The molecule has 1 heterocycles. The normalized spacial score (nSPS) is 16.2. The van der Waals surface area contributed by atoms with Gasteiger partial charge >= 0.3 is 6.03 Å². The van der Waals surface area contributed by atoms with E-state index in [9.17, 15) is 19.5 Å². The predicted octanol–water partition coefficient (Wildman–Crippen LogP) is 3.78. The highest BCUT2D eigenvalue weighted by atomic mass is 79.9. The number of amides is 4. The van der Waals surface area contributed by atoms with Crippen molar-refractivity contribution in [2.45, 2.75) is 6.92 Å². The Balaban J connectivity index is 2.04. The maximum atomic E-state index is 12.8. The first-order valence-corrected chi connectivity index (χ1v) is 8.61. The van der Waals surface area contributed by atoms with Crippen LogP contribution in [0.3, 0.4) is 0 Å². The van der Waals surface area contributed by atoms with Crippen molar-refractivity contribution in [3.63, 3.8) is 0 Å². The van der Waals surface area contributed by atoms with E-state index in [0.29, 0.717) is 15.7 Å². The lowest BCUT2D eigenvalue weighted by Gasteiger charge is -2.26. The number of anilines is 1. The van der Waals surface area contributed by atoms with E-state index in [-0.39, 0.29) is 16.3 Å². The highest BCUT2D eigenvalue weighted by molar-refractivity contribution is 9.10. The lowest BCUT2D eigenvalue weighted by atomic mass is 10.1. The van der Waals surface area contributed by atoms with Crippen LogP contribution in [0, 0.1) is 6.92 Å². The Morgan fingerprint density at radius 3 is 2.42 bits per heavy atom. The second kappa shape index (κ2) is 6.93. The standard InChI is InChI=1S/C18H12BrClN2O4/c1-9-2-4-11(5-3-9)22-17(25)12(16(24)21-18(22)26)6-10-7-13(19)15(23)14(20)8-10/h2-8,23H,1H3,(H,21,24,26)/b12-6-. The summed E-state index contributed by atoms with van der Waals surface area (Å²) in [6.07, 6.45) is 1.31. The molecule has 0 unspecified atom stereocenters. The predicted molar refractivity (Wildman–Crippen MR) is 101 cm³/mol. The second-order valence-electron chi connectivity index (χ2n) is 5.63. The minimum atomic E-state index is -0.814. The van der Waals surface area contributed by atoms with Crippen LogP contribution in [0.1, 0.15) is 11.1 Å². The Morgan fingerprint density at radius 1 is 1.15 bits per heavy atom. The topological polar surface area (TPSA) is 86.7 Å². The van der Waals surface area contributed by atoms with Gasteiger partial charge in [-0.2, -0.15) is 0 Å². The van der Waals surface area contributed by atoms with Gasteiger partial charge in [0.1, 0.15) is 11.3 Å². The smallest absolute Gasteiger partial charge is 0.335 e. The molecule has 0 aromatic heterocycles. The van der Waals surface area contributed by atoms with Gasteiger partial charge in [0.25, 0.3) is 11.8 Å². The van der Waals surface area contributed by atoms with E-state index in [2.05, 4.69) is 21.2 Å². The quantitative estimate of drug-likeness (QED) is 0.555. The minimum absolute atomic E-state index is 0.0568. The molecule has 0 spiro atoms. The van der Waals surface area contributed by atoms with Gasteiger partial charge in [0.05, 0.1) is 15.2 Å². The number of hydrogen-bond donors (Lipinski definition) is 2. The number of phenolic OH excluding ortho intramolecular Hbond substituents is 1. The third-order valence-corrected chi connectivity index (χ3v) is 4.64. The highest BCUT2D eigenvalue weighted by Gasteiger charge is 2.36. The summed E-state index contributed by atoms with van der Waals surface area (Å²) in [5, 5.41) is 11.9. The van der Waals surface area contributed by atoms with Crippen molar-refractivity contribution in [2.75, 3.05) is 4.90 Å². The third-order valence-electron chi connectivity index (χ3n) is 3.74. The Bertz CT molecular complexity index is 947. The summed E-state index contributed by atoms with van der Waals surface area (Å²) >= 11 is 9.06. The molecule has 1 fully saturated rings. The van der Waals surface area contributed by atoms with Gasteiger partial charge in [0, 0.05) is 0 Å². The van der Waals surface area contributed by atoms with Crippen LogP contribution in [-0.4, -0.2) is 23.0 Å². The van der Waals surface area contributed by atoms with Crippen molar-refractivity contribution < 1.29 is 19.5 Å². The number of benzene rings is 2. The number of barbiturate groups is 1. The zero-order valence-corrected chi connectivity index (χ0v) is 15.8. The first kappa shape index (κ1) is 18.2. The molecule has 1 aliphatic heterocycles. The van der Waals surface area contributed by atoms with Crippen molar-refractivity contribution in [3.8, 4) is 5.75 Å². The Kier molecular flexibility index (Phi) is 4.84. The number of carbonyl (C=O) groups excluding carboxylic acids is 3. The third kappa shape index (κ3) is 3.36. The van der Waals surface area contributed by atoms with Crippen LogP contribution in [0.4, 0.5) is 10.5 Å². The molecule has 6 nitrogen and oxygen atoms in total. The molecule has 3 rings (SSSR count). The van der Waals surface area contributed by atoms with Crippen LogP contribution in [0.2, 0.25) is 5.02 Å². The zero-order chi connectivity index (χ0) is 19.0. The molecule has 2 aromatic carbocycles. The van der Waals surface area contributed by atoms with E-state index < -0.39 is 17.8 Å². The van der Waals surface area contributed by atoms with Gasteiger partial charge in [-0.25, -0.2) is 9.69 Å². The van der Waals surface area contributed by atoms with E-state index in [1.165, 1.54) is 18.2 Å². The molecule has 4 amide bonds. The maximum Gasteiger partial charge on any atom is 0.335 e. The van der Waals surface area contributed by atoms with E-state index in [4.69, 9.17) is 11.6 Å². The average molecular weight is 436 g/mol. The number of aryl methyl sites for hydroxylation is 1. The average Bonchev–Trinajstić information content (AvgIpc) is 2.58. The summed E-state index contributed by atoms with van der Waals surface area (Å²) in [5.74, 6) is -1.70. The molecular formula is C18H12BrClN2O4. The van der Waals surface area contributed by atoms with Gasteiger partial charge in [-0.3, -0.25) is 14.9 Å². The lowest BCUT2D eigenvalue weighted by molar-refractivity contribution is -0.122. The monoisotopic (exact) mass is 434 g/mol. The van der Waals surface area contributed by atoms with Gasteiger partial charge < -0.3 is 5.11 Å². The number of hydrogen-bond acceptors (Lipinski definition) is 4. The van der Waals surface area contributed by atoms with Crippen LogP contribution >= 0.6 is 27.5 Å². The summed E-state index contributed by atoms with van der Waals surface area (Å²) in [5.41, 5.74) is 1.51. The number of carbonyl (C=O) groups is 3. The van der Waals surface area contributed by atoms with Crippen LogP contribution in [0.15, 0.2) is 46.4 Å². The molecule has 8 heteroatoms. The van der Waals surface area contributed by atoms with Crippen molar-refractivity contribution in [2.24, 2.45) is 0 Å². The number of halogens is 2. The number of rotatable bonds is 2. The van der Waals surface area contributed by atoms with Crippen molar-refractivity contribution in [1.82, 2.24) is 5.32 Å². The molecule has 0 atom stereocenters. The van der Waals surface area contributed by atoms with Gasteiger partial charge in [-0.1, -0.05) is 29.3 Å². The molecule has 2 N–H and O–H groups in total. The number of phenols is 1. The van der Waals surface area contributed by atoms with E-state index in [1.807, 2.05) is 6.92 Å². The summed E-state index contributed by atoms with van der Waals surface area (Å²) in [7, 11) is 0. The molecule has 0 bridgehead atoms. The number of nitrogens with one attached hydrogen (secondary N) is 1. The van der Waals surface area contributed by atoms with Crippen LogP contribution in [0.5, 0.6) is 5.75 Å². The van der Waals surface area contributed by atoms with E-state index in [0.717, 1.165) is 10.5 Å². The molecule has 0 saturated carbocycles. The summed E-state index contributed by atoms with van der Waals surface area (Å²) in [6.45, 7) is 1.88. The van der Waals surface area contributed by atoms with E-state index in [1.54, 1.807) is 24.3 Å². The fourth-order valence-corrected chi connectivity index (χ4v) is 3.24. The molecule has 26 heavy (non-hydrogen) atoms. The number of imide groups is 2. The van der Waals surface area contributed by atoms with E-state index >= 15 is 0 Å². The Hall–Kier alpha value is -2.64. The summed E-state index contributed by atoms with van der Waals surface area (Å²) < 4.78 is 0.312. The minimum Gasteiger partial charge on any atom is -0.505 e. The largest absolute Gasteiger partial charge is 0.505 e. The first-order chi connectivity index (χ1) is 12.3. The molecule has 1 saturated heterocycles. The maximum absolute atomic E-state index is 12.8. The molecule has 132 valence electrons. The summed E-state index contributed by atoms with van der Waals surface area (Å²) in [4.78, 5) is 37.9. The number of aromatic hydroxyl groups is 1. The van der Waals surface area contributed by atoms with Crippen LogP contribution < -0.4 is 10.2 Å².